The minimum atomic E-state index is 0.677. The van der Waals surface area contributed by atoms with Gasteiger partial charge < -0.3 is 10.2 Å². The van der Waals surface area contributed by atoms with Crippen molar-refractivity contribution in [3.05, 3.63) is 59.6 Å². The van der Waals surface area contributed by atoms with E-state index in [0.717, 1.165) is 22.9 Å². The van der Waals surface area contributed by atoms with E-state index in [1.807, 2.05) is 59.5 Å². The Kier molecular flexibility index (Phi) is 4.77. The highest BCUT2D eigenvalue weighted by Crippen LogP contribution is 2.19. The quantitative estimate of drug-likeness (QED) is 0.834. The average Bonchev–Trinajstić information content (AvgIpc) is 2.43. The van der Waals surface area contributed by atoms with Crippen LogP contribution in [0.4, 0.5) is 11.4 Å². The molecule has 4 heteroatoms. The Hall–Kier alpha value is -1.58. The van der Waals surface area contributed by atoms with Crippen LogP contribution in [0.5, 0.6) is 0 Å². The third-order valence-electron chi connectivity index (χ3n) is 2.72. The van der Waals surface area contributed by atoms with E-state index >= 15 is 0 Å². The van der Waals surface area contributed by atoms with Gasteiger partial charge >= 0.3 is 0 Å². The fourth-order valence-corrected chi connectivity index (χ4v) is 2.26. The number of para-hydroxylation sites is 1. The lowest BCUT2D eigenvalue weighted by Crippen LogP contribution is -2.34. The number of thiocarbonyl (C=S) groups is 1. The highest BCUT2D eigenvalue weighted by molar-refractivity contribution is 7.80. The minimum Gasteiger partial charge on any atom is -0.332 e. The van der Waals surface area contributed by atoms with Crippen LogP contribution in [0.15, 0.2) is 54.6 Å². The van der Waals surface area contributed by atoms with E-state index in [-0.39, 0.29) is 0 Å². The van der Waals surface area contributed by atoms with Crippen LogP contribution in [0.1, 0.15) is 6.92 Å². The predicted octanol–water partition coefficient (Wildman–Crippen LogP) is 4.56. The number of hydrogen-bond donors (Lipinski definition) is 1. The first-order chi connectivity index (χ1) is 9.20. The Labute approximate surface area is 124 Å². The van der Waals surface area contributed by atoms with Crippen LogP contribution in [0.25, 0.3) is 0 Å². The van der Waals surface area contributed by atoms with Crippen molar-refractivity contribution < 1.29 is 0 Å². The van der Waals surface area contributed by atoms with Gasteiger partial charge in [0.05, 0.1) is 0 Å². The summed E-state index contributed by atoms with van der Waals surface area (Å²) in [4.78, 5) is 2.03. The Morgan fingerprint density at radius 2 is 1.74 bits per heavy atom. The lowest BCUT2D eigenvalue weighted by Gasteiger charge is -2.24. The first-order valence-electron chi connectivity index (χ1n) is 6.10. The molecule has 19 heavy (non-hydrogen) atoms. The molecule has 0 atom stereocenters. The van der Waals surface area contributed by atoms with Gasteiger partial charge in [0.25, 0.3) is 0 Å². The zero-order chi connectivity index (χ0) is 13.7. The van der Waals surface area contributed by atoms with E-state index in [1.165, 1.54) is 0 Å². The van der Waals surface area contributed by atoms with E-state index in [0.29, 0.717) is 5.11 Å². The predicted molar refractivity (Wildman–Crippen MR) is 87.1 cm³/mol. The van der Waals surface area contributed by atoms with Crippen LogP contribution < -0.4 is 10.2 Å². The maximum Gasteiger partial charge on any atom is 0.177 e. The van der Waals surface area contributed by atoms with Gasteiger partial charge in [0.1, 0.15) is 0 Å². The van der Waals surface area contributed by atoms with Crippen molar-refractivity contribution in [2.75, 3.05) is 16.8 Å². The number of halogens is 1. The topological polar surface area (TPSA) is 15.3 Å². The second kappa shape index (κ2) is 6.55. The summed E-state index contributed by atoms with van der Waals surface area (Å²) >= 11 is 11.4. The van der Waals surface area contributed by atoms with Crippen molar-refractivity contribution >= 4 is 40.3 Å². The van der Waals surface area contributed by atoms with E-state index < -0.39 is 0 Å². The summed E-state index contributed by atoms with van der Waals surface area (Å²) < 4.78 is 0. The zero-order valence-corrected chi connectivity index (χ0v) is 12.2. The van der Waals surface area contributed by atoms with Crippen LogP contribution in [0.2, 0.25) is 5.02 Å². The molecule has 0 unspecified atom stereocenters. The molecule has 0 amide bonds. The zero-order valence-electron chi connectivity index (χ0n) is 10.6. The Bertz CT molecular complexity index is 540. The molecule has 0 aliphatic rings. The van der Waals surface area contributed by atoms with Gasteiger partial charge in [0.2, 0.25) is 0 Å². The fraction of sp³-hybridized carbons (Fsp3) is 0.133. The SMILES string of the molecule is CCN(C(=S)Nc1ccccc1)c1ccc(Cl)cc1. The fourth-order valence-electron chi connectivity index (χ4n) is 1.78. The Morgan fingerprint density at radius 1 is 1.11 bits per heavy atom. The first-order valence-corrected chi connectivity index (χ1v) is 6.88. The van der Waals surface area contributed by atoms with Crippen molar-refractivity contribution in [2.24, 2.45) is 0 Å². The smallest absolute Gasteiger partial charge is 0.177 e. The van der Waals surface area contributed by atoms with Gasteiger partial charge in [0.15, 0.2) is 5.11 Å². The van der Waals surface area contributed by atoms with Crippen molar-refractivity contribution in [3.63, 3.8) is 0 Å². The van der Waals surface area contributed by atoms with Crippen molar-refractivity contribution in [2.45, 2.75) is 6.92 Å². The lowest BCUT2D eigenvalue weighted by molar-refractivity contribution is 1.07. The van der Waals surface area contributed by atoms with Crippen molar-refractivity contribution in [1.29, 1.82) is 0 Å². The first kappa shape index (κ1) is 13.8. The largest absolute Gasteiger partial charge is 0.332 e. The molecule has 2 rings (SSSR count). The highest BCUT2D eigenvalue weighted by Gasteiger charge is 2.09. The van der Waals surface area contributed by atoms with Crippen molar-refractivity contribution in [3.8, 4) is 0 Å². The number of nitrogens with one attached hydrogen (secondary N) is 1. The average molecular weight is 291 g/mol. The summed E-state index contributed by atoms with van der Waals surface area (Å²) in [6.07, 6.45) is 0. The summed E-state index contributed by atoms with van der Waals surface area (Å²) in [6, 6.07) is 17.6. The molecule has 0 fully saturated rings. The van der Waals surface area contributed by atoms with Gasteiger partial charge in [-0.15, -0.1) is 0 Å². The summed E-state index contributed by atoms with van der Waals surface area (Å²) in [5, 5.41) is 4.63. The number of rotatable bonds is 3. The second-order valence-electron chi connectivity index (χ2n) is 4.02. The van der Waals surface area contributed by atoms with Gasteiger partial charge in [0, 0.05) is 22.9 Å². The van der Waals surface area contributed by atoms with E-state index in [9.17, 15) is 0 Å². The van der Waals surface area contributed by atoms with Gasteiger partial charge in [-0.2, -0.15) is 0 Å². The van der Waals surface area contributed by atoms with Crippen LogP contribution >= 0.6 is 23.8 Å². The summed E-state index contributed by atoms with van der Waals surface area (Å²) in [5.74, 6) is 0. The molecule has 2 aromatic rings. The molecule has 0 heterocycles. The van der Waals surface area contributed by atoms with Crippen molar-refractivity contribution in [1.82, 2.24) is 0 Å². The molecular formula is C15H15ClN2S. The maximum absolute atomic E-state index is 5.90. The monoisotopic (exact) mass is 290 g/mol. The van der Waals surface area contributed by atoms with Crippen LogP contribution in [0.3, 0.4) is 0 Å². The molecule has 0 aromatic heterocycles. The van der Waals surface area contributed by atoms with E-state index in [2.05, 4.69) is 12.2 Å². The molecule has 2 nitrogen and oxygen atoms in total. The Balaban J connectivity index is 2.13. The molecular weight excluding hydrogens is 276 g/mol. The standard InChI is InChI=1S/C15H15ClN2S/c1-2-18(14-10-8-12(16)9-11-14)15(19)17-13-6-4-3-5-7-13/h3-11H,2H2,1H3,(H,17,19). The lowest BCUT2D eigenvalue weighted by atomic mass is 10.3. The summed E-state index contributed by atoms with van der Waals surface area (Å²) in [5.41, 5.74) is 2.01. The molecule has 0 saturated carbocycles. The third kappa shape index (κ3) is 3.69. The number of benzene rings is 2. The molecule has 0 saturated heterocycles. The second-order valence-corrected chi connectivity index (χ2v) is 4.84. The van der Waals surface area contributed by atoms with Crippen LogP contribution in [-0.2, 0) is 0 Å². The van der Waals surface area contributed by atoms with E-state index in [1.54, 1.807) is 0 Å². The van der Waals surface area contributed by atoms with Gasteiger partial charge in [-0.1, -0.05) is 29.8 Å². The molecule has 0 radical (unpaired) electrons. The van der Waals surface area contributed by atoms with Gasteiger partial charge in [-0.3, -0.25) is 0 Å². The molecule has 0 bridgehead atoms. The molecule has 2 aromatic carbocycles. The van der Waals surface area contributed by atoms with Crippen LogP contribution in [-0.4, -0.2) is 11.7 Å². The van der Waals surface area contributed by atoms with Crippen LogP contribution in [0, 0.1) is 0 Å². The van der Waals surface area contributed by atoms with E-state index in [4.69, 9.17) is 23.8 Å². The minimum absolute atomic E-state index is 0.677. The number of nitrogens with zero attached hydrogens (tertiary/aromatic N) is 1. The molecule has 0 aliphatic heterocycles. The Morgan fingerprint density at radius 3 is 2.32 bits per heavy atom. The summed E-state index contributed by atoms with van der Waals surface area (Å²) in [7, 11) is 0. The highest BCUT2D eigenvalue weighted by atomic mass is 35.5. The molecule has 0 spiro atoms. The number of hydrogen-bond acceptors (Lipinski definition) is 1. The molecule has 98 valence electrons. The molecule has 0 aliphatic carbocycles. The molecule has 1 N–H and O–H groups in total. The maximum atomic E-state index is 5.90. The van der Waals surface area contributed by atoms with Gasteiger partial charge in [-0.05, 0) is 55.5 Å². The normalized spacial score (nSPS) is 10.0. The summed E-state index contributed by atoms with van der Waals surface area (Å²) in [6.45, 7) is 2.86. The third-order valence-corrected chi connectivity index (χ3v) is 3.30. The number of anilines is 2. The van der Waals surface area contributed by atoms with Gasteiger partial charge in [-0.25, -0.2) is 0 Å².